The first kappa shape index (κ1) is 16.5. The lowest BCUT2D eigenvalue weighted by Crippen LogP contribution is -2.46. The van der Waals surface area contributed by atoms with Crippen LogP contribution in [0.4, 0.5) is 0 Å². The maximum absolute atomic E-state index is 12.0. The molecule has 0 radical (unpaired) electrons. The second kappa shape index (κ2) is 8.45. The number of hydrogen-bond donors (Lipinski definition) is 1. The van der Waals surface area contributed by atoms with Gasteiger partial charge in [-0.05, 0) is 32.1 Å². The number of carbonyl (C=O) groups excluding carboxylic acids is 1. The first-order valence-electron chi connectivity index (χ1n) is 8.88. The summed E-state index contributed by atoms with van der Waals surface area (Å²) in [6.45, 7) is 4.98. The zero-order chi connectivity index (χ0) is 15.9. The Bertz CT molecular complexity index is 463. The van der Waals surface area contributed by atoms with Gasteiger partial charge < -0.3 is 19.5 Å². The molecule has 2 aliphatic heterocycles. The highest BCUT2D eigenvalue weighted by Gasteiger charge is 2.24. The lowest BCUT2D eigenvalue weighted by Gasteiger charge is -2.33. The highest BCUT2D eigenvalue weighted by molar-refractivity contribution is 5.76. The van der Waals surface area contributed by atoms with Crippen molar-refractivity contribution in [2.24, 2.45) is 0 Å². The molecule has 128 valence electrons. The standard InChI is InChI=1S/C17H28N4O2/c22-17(4-1-8-21-11-7-18-14-21)19-15-5-9-20(10-6-15)13-16-3-2-12-23-16/h7,11,14-16H,1-6,8-10,12-13H2,(H,19,22). The van der Waals surface area contributed by atoms with E-state index in [9.17, 15) is 4.79 Å². The van der Waals surface area contributed by atoms with E-state index in [-0.39, 0.29) is 5.91 Å². The Balaban J connectivity index is 1.28. The molecule has 2 saturated heterocycles. The first-order chi connectivity index (χ1) is 11.3. The summed E-state index contributed by atoms with van der Waals surface area (Å²) in [6, 6.07) is 0.344. The van der Waals surface area contributed by atoms with Gasteiger partial charge in [0.15, 0.2) is 0 Å². The van der Waals surface area contributed by atoms with E-state index in [0.717, 1.165) is 52.0 Å². The SMILES string of the molecule is O=C(CCCn1ccnc1)NC1CCN(CC2CCCO2)CC1. The number of carbonyl (C=O) groups is 1. The molecule has 3 rings (SSSR count). The van der Waals surface area contributed by atoms with Gasteiger partial charge in [0.05, 0.1) is 12.4 Å². The molecule has 3 heterocycles. The van der Waals surface area contributed by atoms with E-state index in [1.807, 2.05) is 10.8 Å². The maximum atomic E-state index is 12.0. The molecule has 2 aliphatic rings. The van der Waals surface area contributed by atoms with Crippen LogP contribution in [-0.4, -0.2) is 58.7 Å². The number of aryl methyl sites for hydroxylation is 1. The summed E-state index contributed by atoms with van der Waals surface area (Å²) in [5.41, 5.74) is 0. The molecular formula is C17H28N4O2. The second-order valence-corrected chi connectivity index (χ2v) is 6.68. The number of likely N-dealkylation sites (tertiary alicyclic amines) is 1. The minimum absolute atomic E-state index is 0.183. The fourth-order valence-corrected chi connectivity index (χ4v) is 3.48. The molecule has 6 heteroatoms. The van der Waals surface area contributed by atoms with E-state index >= 15 is 0 Å². The molecule has 1 unspecified atom stereocenters. The van der Waals surface area contributed by atoms with Crippen molar-refractivity contribution in [3.05, 3.63) is 18.7 Å². The monoisotopic (exact) mass is 320 g/mol. The predicted molar refractivity (Wildman–Crippen MR) is 88.0 cm³/mol. The quantitative estimate of drug-likeness (QED) is 0.825. The molecule has 0 aliphatic carbocycles. The highest BCUT2D eigenvalue weighted by atomic mass is 16.5. The fourth-order valence-electron chi connectivity index (χ4n) is 3.48. The molecule has 0 saturated carbocycles. The van der Waals surface area contributed by atoms with Crippen molar-refractivity contribution in [3.63, 3.8) is 0 Å². The van der Waals surface area contributed by atoms with E-state index < -0.39 is 0 Å². The molecule has 1 atom stereocenters. The van der Waals surface area contributed by atoms with Crippen LogP contribution in [0, 0.1) is 0 Å². The Morgan fingerprint density at radius 3 is 2.87 bits per heavy atom. The van der Waals surface area contributed by atoms with Crippen LogP contribution in [0.2, 0.25) is 0 Å². The van der Waals surface area contributed by atoms with Crippen molar-refractivity contribution in [2.45, 2.75) is 57.2 Å². The molecule has 1 aromatic rings. The molecule has 1 amide bonds. The van der Waals surface area contributed by atoms with Gasteiger partial charge in [0.1, 0.15) is 0 Å². The number of imidazole rings is 1. The second-order valence-electron chi connectivity index (χ2n) is 6.68. The molecular weight excluding hydrogens is 292 g/mol. The Hall–Kier alpha value is -1.40. The van der Waals surface area contributed by atoms with Crippen LogP contribution >= 0.6 is 0 Å². The van der Waals surface area contributed by atoms with Crippen molar-refractivity contribution in [1.82, 2.24) is 19.8 Å². The lowest BCUT2D eigenvalue weighted by atomic mass is 10.0. The number of piperidine rings is 1. The molecule has 2 fully saturated rings. The van der Waals surface area contributed by atoms with E-state index in [1.165, 1.54) is 12.8 Å². The predicted octanol–water partition coefficient (Wildman–Crippen LogP) is 1.42. The van der Waals surface area contributed by atoms with Crippen LogP contribution in [0.1, 0.15) is 38.5 Å². The van der Waals surface area contributed by atoms with Gasteiger partial charge in [0, 0.05) is 57.6 Å². The van der Waals surface area contributed by atoms with E-state index in [0.29, 0.717) is 18.6 Å². The van der Waals surface area contributed by atoms with Crippen LogP contribution in [-0.2, 0) is 16.1 Å². The minimum Gasteiger partial charge on any atom is -0.377 e. The summed E-state index contributed by atoms with van der Waals surface area (Å²) in [5, 5.41) is 3.19. The van der Waals surface area contributed by atoms with Gasteiger partial charge in [-0.25, -0.2) is 4.98 Å². The molecule has 0 aromatic carbocycles. The average Bonchev–Trinajstić information content (AvgIpc) is 3.23. The summed E-state index contributed by atoms with van der Waals surface area (Å²) < 4.78 is 7.71. The zero-order valence-electron chi connectivity index (χ0n) is 13.8. The van der Waals surface area contributed by atoms with E-state index in [2.05, 4.69) is 15.2 Å². The van der Waals surface area contributed by atoms with Crippen molar-refractivity contribution in [1.29, 1.82) is 0 Å². The number of rotatable bonds is 7. The number of aromatic nitrogens is 2. The number of hydrogen-bond acceptors (Lipinski definition) is 4. The molecule has 1 aromatic heterocycles. The lowest BCUT2D eigenvalue weighted by molar-refractivity contribution is -0.122. The summed E-state index contributed by atoms with van der Waals surface area (Å²) >= 11 is 0. The number of ether oxygens (including phenoxy) is 1. The Labute approximate surface area is 138 Å². The third kappa shape index (κ3) is 5.32. The molecule has 1 N–H and O–H groups in total. The summed E-state index contributed by atoms with van der Waals surface area (Å²) in [5.74, 6) is 0.183. The van der Waals surface area contributed by atoms with Gasteiger partial charge in [-0.1, -0.05) is 0 Å². The average molecular weight is 320 g/mol. The molecule has 23 heavy (non-hydrogen) atoms. The largest absolute Gasteiger partial charge is 0.377 e. The van der Waals surface area contributed by atoms with Gasteiger partial charge in [-0.15, -0.1) is 0 Å². The third-order valence-corrected chi connectivity index (χ3v) is 4.82. The minimum atomic E-state index is 0.183. The summed E-state index contributed by atoms with van der Waals surface area (Å²) in [4.78, 5) is 18.5. The van der Waals surface area contributed by atoms with Crippen LogP contribution in [0.5, 0.6) is 0 Å². The Morgan fingerprint density at radius 2 is 2.17 bits per heavy atom. The topological polar surface area (TPSA) is 59.4 Å². The van der Waals surface area contributed by atoms with E-state index in [1.54, 1.807) is 12.5 Å². The van der Waals surface area contributed by atoms with Crippen LogP contribution in [0.3, 0.4) is 0 Å². The summed E-state index contributed by atoms with van der Waals surface area (Å²) in [6.07, 6.45) is 11.9. The van der Waals surface area contributed by atoms with Gasteiger partial charge in [-0.3, -0.25) is 4.79 Å². The van der Waals surface area contributed by atoms with Gasteiger partial charge in [0.2, 0.25) is 5.91 Å². The van der Waals surface area contributed by atoms with Crippen molar-refractivity contribution in [3.8, 4) is 0 Å². The number of nitrogens with zero attached hydrogens (tertiary/aromatic N) is 3. The zero-order valence-corrected chi connectivity index (χ0v) is 13.8. The third-order valence-electron chi connectivity index (χ3n) is 4.82. The van der Waals surface area contributed by atoms with Gasteiger partial charge in [-0.2, -0.15) is 0 Å². The van der Waals surface area contributed by atoms with Crippen LogP contribution in [0.15, 0.2) is 18.7 Å². The van der Waals surface area contributed by atoms with Gasteiger partial charge >= 0.3 is 0 Å². The Morgan fingerprint density at radius 1 is 1.30 bits per heavy atom. The maximum Gasteiger partial charge on any atom is 0.220 e. The molecule has 0 bridgehead atoms. The van der Waals surface area contributed by atoms with Crippen LogP contribution < -0.4 is 5.32 Å². The fraction of sp³-hybridized carbons (Fsp3) is 0.765. The van der Waals surface area contributed by atoms with Gasteiger partial charge in [0.25, 0.3) is 0 Å². The number of nitrogens with one attached hydrogen (secondary N) is 1. The molecule has 0 spiro atoms. The number of amides is 1. The Kier molecular flexibility index (Phi) is 6.05. The van der Waals surface area contributed by atoms with Crippen LogP contribution in [0.25, 0.3) is 0 Å². The first-order valence-corrected chi connectivity index (χ1v) is 8.88. The smallest absolute Gasteiger partial charge is 0.220 e. The van der Waals surface area contributed by atoms with Crippen molar-refractivity contribution in [2.75, 3.05) is 26.2 Å². The van der Waals surface area contributed by atoms with Crippen molar-refractivity contribution < 1.29 is 9.53 Å². The normalized spacial score (nSPS) is 23.2. The highest BCUT2D eigenvalue weighted by Crippen LogP contribution is 2.17. The van der Waals surface area contributed by atoms with Crippen molar-refractivity contribution >= 4 is 5.91 Å². The summed E-state index contributed by atoms with van der Waals surface area (Å²) in [7, 11) is 0. The van der Waals surface area contributed by atoms with E-state index in [4.69, 9.17) is 4.74 Å². The molecule has 6 nitrogen and oxygen atoms in total.